The molecule has 0 spiro atoms. The van der Waals surface area contributed by atoms with Gasteiger partial charge in [0.25, 0.3) is 0 Å². The Morgan fingerprint density at radius 1 is 0.375 bits per heavy atom. The maximum absolute atomic E-state index is 2.44. The van der Waals surface area contributed by atoms with Crippen molar-refractivity contribution in [2.45, 2.75) is 68.7 Å². The maximum atomic E-state index is 2.44. The Labute approximate surface area is 288 Å². The molecule has 0 fully saturated rings. The lowest BCUT2D eigenvalue weighted by Gasteiger charge is -2.31. The predicted molar refractivity (Wildman–Crippen MR) is 209 cm³/mol. The highest BCUT2D eigenvalue weighted by molar-refractivity contribution is 5.86. The summed E-state index contributed by atoms with van der Waals surface area (Å²) >= 11 is 0. The third-order valence-electron chi connectivity index (χ3n) is 9.51. The number of hydrogen-bond donors (Lipinski definition) is 0. The highest BCUT2D eigenvalue weighted by atomic mass is 15.2. The standard InChI is InChI=1S/C46H48N2/c1-10-38-20-21-44(29-33(38)5)48(43-19-13-16-32(4)24-43)46-36(8)27-40(28-37(46)9)39-25-34(6)45(35(7)26-39)47(41-17-11-14-30(2)22-41)42-18-12-15-31(3)23-42/h11-29H,10H2,1-9H3. The van der Waals surface area contributed by atoms with Gasteiger partial charge >= 0.3 is 0 Å². The van der Waals surface area contributed by atoms with Gasteiger partial charge in [-0.05, 0) is 196 Å². The first-order valence-electron chi connectivity index (χ1n) is 17.2. The summed E-state index contributed by atoms with van der Waals surface area (Å²) in [5.74, 6) is 0. The van der Waals surface area contributed by atoms with Gasteiger partial charge in [-0.15, -0.1) is 0 Å². The SMILES string of the molecule is CCc1ccc(N(c2cccc(C)c2)c2c(C)cc(-c3cc(C)c(N(c4cccc(C)c4)c4cccc(C)c4)c(C)c3)cc2C)cc1C. The summed E-state index contributed by atoms with van der Waals surface area (Å²) in [6, 6.07) is 42.8. The van der Waals surface area contributed by atoms with E-state index in [1.54, 1.807) is 0 Å². The van der Waals surface area contributed by atoms with Crippen LogP contribution in [0.1, 0.15) is 57.0 Å². The Bertz CT molecular complexity index is 2030. The zero-order valence-electron chi connectivity index (χ0n) is 30.1. The Morgan fingerprint density at radius 2 is 0.729 bits per heavy atom. The molecule has 0 unspecified atom stereocenters. The van der Waals surface area contributed by atoms with Crippen molar-refractivity contribution in [2.24, 2.45) is 0 Å². The van der Waals surface area contributed by atoms with Crippen LogP contribution in [0.4, 0.5) is 34.1 Å². The number of aryl methyl sites for hydroxylation is 9. The molecule has 6 rings (SSSR count). The normalized spacial score (nSPS) is 11.1. The number of anilines is 6. The van der Waals surface area contributed by atoms with Crippen LogP contribution in [0.2, 0.25) is 0 Å². The monoisotopic (exact) mass is 628 g/mol. The van der Waals surface area contributed by atoms with E-state index in [0.717, 1.165) is 6.42 Å². The number of nitrogens with zero attached hydrogens (tertiary/aromatic N) is 2. The molecule has 0 aliphatic heterocycles. The van der Waals surface area contributed by atoms with Crippen LogP contribution in [-0.4, -0.2) is 0 Å². The van der Waals surface area contributed by atoms with Gasteiger partial charge in [0.2, 0.25) is 0 Å². The van der Waals surface area contributed by atoms with Gasteiger partial charge in [-0.25, -0.2) is 0 Å². The maximum Gasteiger partial charge on any atom is 0.0520 e. The molecule has 0 aromatic heterocycles. The average molecular weight is 629 g/mol. The van der Waals surface area contributed by atoms with Gasteiger partial charge in [0.1, 0.15) is 0 Å². The first-order chi connectivity index (χ1) is 23.0. The fraction of sp³-hybridized carbons (Fsp3) is 0.217. The molecule has 0 bridgehead atoms. The molecule has 0 heterocycles. The Hall–Kier alpha value is -5.08. The molecule has 48 heavy (non-hydrogen) atoms. The second kappa shape index (κ2) is 13.6. The van der Waals surface area contributed by atoms with Crippen LogP contribution in [-0.2, 0) is 6.42 Å². The minimum atomic E-state index is 1.04. The average Bonchev–Trinajstić information content (AvgIpc) is 3.04. The van der Waals surface area contributed by atoms with E-state index in [1.165, 1.54) is 95.3 Å². The van der Waals surface area contributed by atoms with E-state index in [0.29, 0.717) is 0 Å². The molecule has 0 saturated heterocycles. The Morgan fingerprint density at radius 3 is 1.04 bits per heavy atom. The third-order valence-corrected chi connectivity index (χ3v) is 9.51. The number of hydrogen-bond acceptors (Lipinski definition) is 2. The summed E-state index contributed by atoms with van der Waals surface area (Å²) in [6.07, 6.45) is 1.04. The smallest absolute Gasteiger partial charge is 0.0520 e. The summed E-state index contributed by atoms with van der Waals surface area (Å²) < 4.78 is 0. The fourth-order valence-electron chi connectivity index (χ4n) is 7.28. The molecule has 0 aliphatic carbocycles. The van der Waals surface area contributed by atoms with Gasteiger partial charge in [-0.2, -0.15) is 0 Å². The quantitative estimate of drug-likeness (QED) is 0.165. The second-order valence-corrected chi connectivity index (χ2v) is 13.6. The van der Waals surface area contributed by atoms with Crippen LogP contribution in [0, 0.1) is 55.4 Å². The van der Waals surface area contributed by atoms with E-state index in [-0.39, 0.29) is 0 Å². The van der Waals surface area contributed by atoms with E-state index in [2.05, 4.69) is 187 Å². The van der Waals surface area contributed by atoms with Crippen molar-refractivity contribution < 1.29 is 0 Å². The van der Waals surface area contributed by atoms with Crippen molar-refractivity contribution in [2.75, 3.05) is 9.80 Å². The molecule has 242 valence electrons. The molecule has 0 aliphatic rings. The van der Waals surface area contributed by atoms with Crippen LogP contribution in [0.25, 0.3) is 11.1 Å². The van der Waals surface area contributed by atoms with E-state index in [4.69, 9.17) is 0 Å². The van der Waals surface area contributed by atoms with E-state index < -0.39 is 0 Å². The zero-order valence-corrected chi connectivity index (χ0v) is 30.1. The lowest BCUT2D eigenvalue weighted by Crippen LogP contribution is -2.14. The van der Waals surface area contributed by atoms with Crippen LogP contribution in [0.15, 0.2) is 115 Å². The van der Waals surface area contributed by atoms with Crippen LogP contribution in [0.3, 0.4) is 0 Å². The van der Waals surface area contributed by atoms with Gasteiger partial charge in [0, 0.05) is 22.7 Å². The fourth-order valence-corrected chi connectivity index (χ4v) is 7.28. The molecule has 2 nitrogen and oxygen atoms in total. The topological polar surface area (TPSA) is 6.48 Å². The van der Waals surface area contributed by atoms with Crippen molar-refractivity contribution >= 4 is 34.1 Å². The van der Waals surface area contributed by atoms with E-state index in [1.807, 2.05) is 0 Å². The first kappa shape index (κ1) is 32.8. The highest BCUT2D eigenvalue weighted by Crippen LogP contribution is 2.44. The largest absolute Gasteiger partial charge is 0.310 e. The van der Waals surface area contributed by atoms with E-state index in [9.17, 15) is 0 Å². The third kappa shape index (κ3) is 6.53. The minimum absolute atomic E-state index is 1.04. The van der Waals surface area contributed by atoms with Crippen molar-refractivity contribution in [3.63, 3.8) is 0 Å². The van der Waals surface area contributed by atoms with Crippen molar-refractivity contribution in [3.05, 3.63) is 165 Å². The Balaban J connectivity index is 1.46. The molecule has 0 radical (unpaired) electrons. The van der Waals surface area contributed by atoms with Crippen LogP contribution >= 0.6 is 0 Å². The summed E-state index contributed by atoms with van der Waals surface area (Å²) in [7, 11) is 0. The van der Waals surface area contributed by atoms with Crippen LogP contribution in [0.5, 0.6) is 0 Å². The van der Waals surface area contributed by atoms with Gasteiger partial charge in [0.05, 0.1) is 11.4 Å². The summed E-state index contributed by atoms with van der Waals surface area (Å²) in [4.78, 5) is 4.86. The second-order valence-electron chi connectivity index (χ2n) is 13.6. The van der Waals surface area contributed by atoms with Crippen molar-refractivity contribution in [3.8, 4) is 11.1 Å². The molecular formula is C46H48N2. The Kier molecular flexibility index (Phi) is 9.29. The molecule has 6 aromatic carbocycles. The first-order valence-corrected chi connectivity index (χ1v) is 17.2. The van der Waals surface area contributed by atoms with Crippen molar-refractivity contribution in [1.29, 1.82) is 0 Å². The zero-order chi connectivity index (χ0) is 34.1. The molecule has 2 heteroatoms. The molecular weight excluding hydrogens is 581 g/mol. The van der Waals surface area contributed by atoms with Gasteiger partial charge in [-0.1, -0.05) is 49.4 Å². The molecule has 6 aromatic rings. The van der Waals surface area contributed by atoms with E-state index >= 15 is 0 Å². The van der Waals surface area contributed by atoms with Crippen molar-refractivity contribution in [1.82, 2.24) is 0 Å². The molecule has 0 amide bonds. The summed E-state index contributed by atoms with van der Waals surface area (Å²) in [5.41, 5.74) is 21.2. The predicted octanol–water partition coefficient (Wildman–Crippen LogP) is 13.3. The number of benzene rings is 6. The van der Waals surface area contributed by atoms with Crippen LogP contribution < -0.4 is 9.80 Å². The lowest BCUT2D eigenvalue weighted by atomic mass is 9.93. The van der Waals surface area contributed by atoms with Gasteiger partial charge in [0.15, 0.2) is 0 Å². The minimum Gasteiger partial charge on any atom is -0.310 e. The molecule has 0 saturated carbocycles. The van der Waals surface area contributed by atoms with Gasteiger partial charge in [-0.3, -0.25) is 0 Å². The summed E-state index contributed by atoms with van der Waals surface area (Å²) in [5, 5.41) is 0. The lowest BCUT2D eigenvalue weighted by molar-refractivity contribution is 1.10. The highest BCUT2D eigenvalue weighted by Gasteiger charge is 2.21. The summed E-state index contributed by atoms with van der Waals surface area (Å²) in [6.45, 7) is 20.0. The molecule has 0 atom stereocenters. The molecule has 0 N–H and O–H groups in total. The number of rotatable bonds is 8. The van der Waals surface area contributed by atoms with Gasteiger partial charge < -0.3 is 9.80 Å².